The monoisotopic (exact) mass is 339 g/mol. The molecule has 2 aromatic carbocycles. The number of imidazole rings is 1. The van der Waals surface area contributed by atoms with Gasteiger partial charge in [0.05, 0.1) is 17.9 Å². The third kappa shape index (κ3) is 2.34. The fraction of sp³-hybridized carbons (Fsp3) is 0.0556. The molecule has 1 aliphatic rings. The van der Waals surface area contributed by atoms with Crippen molar-refractivity contribution >= 4 is 23.6 Å². The van der Waals surface area contributed by atoms with E-state index in [1.807, 2.05) is 6.07 Å². The second-order valence-electron chi connectivity index (χ2n) is 5.38. The number of aromatic nitrogens is 2. The molecule has 0 aliphatic carbocycles. The molecule has 1 aliphatic heterocycles. The second-order valence-corrected chi connectivity index (χ2v) is 5.81. The van der Waals surface area contributed by atoms with E-state index >= 15 is 0 Å². The highest BCUT2D eigenvalue weighted by molar-refractivity contribution is 6.31. The number of fused-ring (bicyclic) bond motifs is 3. The van der Waals surface area contributed by atoms with Gasteiger partial charge >= 0.3 is 0 Å². The van der Waals surface area contributed by atoms with E-state index < -0.39 is 0 Å². The quantitative estimate of drug-likeness (QED) is 0.666. The number of nitrogens with zero attached hydrogens (tertiary/aromatic N) is 3. The molecule has 0 N–H and O–H groups in total. The summed E-state index contributed by atoms with van der Waals surface area (Å²) in [6.07, 6.45) is 2.34. The van der Waals surface area contributed by atoms with Gasteiger partial charge in [0, 0.05) is 22.3 Å². The highest BCUT2D eigenvalue weighted by Crippen LogP contribution is 2.28. The van der Waals surface area contributed by atoms with Crippen LogP contribution in [0.2, 0.25) is 5.02 Å². The maximum atomic E-state index is 14.3. The lowest BCUT2D eigenvalue weighted by atomic mass is 10.00. The predicted molar refractivity (Wildman–Crippen MR) is 89.7 cm³/mol. The zero-order valence-corrected chi connectivity index (χ0v) is 13.2. The maximum Gasteiger partial charge on any atom is 0.170 e. The molecule has 2 heterocycles. The fourth-order valence-electron chi connectivity index (χ4n) is 2.84. The maximum absolute atomic E-state index is 14.3. The van der Waals surface area contributed by atoms with E-state index in [4.69, 9.17) is 11.6 Å². The third-order valence-electron chi connectivity index (χ3n) is 3.90. The summed E-state index contributed by atoms with van der Waals surface area (Å²) in [5, 5.41) is 0.525. The van der Waals surface area contributed by atoms with Crippen molar-refractivity contribution in [3.8, 4) is 5.69 Å². The molecular weight excluding hydrogens is 329 g/mol. The Morgan fingerprint density at radius 1 is 1.17 bits per heavy atom. The van der Waals surface area contributed by atoms with Gasteiger partial charge < -0.3 is 4.57 Å². The van der Waals surface area contributed by atoms with Crippen LogP contribution in [0, 0.1) is 5.82 Å². The first kappa shape index (κ1) is 14.8. The Morgan fingerprint density at radius 2 is 2.00 bits per heavy atom. The summed E-state index contributed by atoms with van der Waals surface area (Å²) in [7, 11) is 0. The SMILES string of the molecule is O=Cc1cn2c(n1)CN=C(c1ccccc1F)c1cc(Cl)ccc1-2. The molecule has 0 saturated heterocycles. The molecule has 0 saturated carbocycles. The number of hydrogen-bond acceptors (Lipinski definition) is 3. The van der Waals surface area contributed by atoms with Gasteiger partial charge in [0.2, 0.25) is 0 Å². The molecule has 3 aromatic rings. The first-order valence-corrected chi connectivity index (χ1v) is 7.68. The molecule has 0 radical (unpaired) electrons. The molecule has 0 atom stereocenters. The highest BCUT2D eigenvalue weighted by Gasteiger charge is 2.22. The van der Waals surface area contributed by atoms with E-state index in [-0.39, 0.29) is 12.4 Å². The fourth-order valence-corrected chi connectivity index (χ4v) is 3.01. The van der Waals surface area contributed by atoms with E-state index in [0.717, 1.165) is 5.69 Å². The van der Waals surface area contributed by atoms with Crippen LogP contribution in [0.15, 0.2) is 53.7 Å². The van der Waals surface area contributed by atoms with Crippen molar-refractivity contribution in [1.29, 1.82) is 0 Å². The van der Waals surface area contributed by atoms with Gasteiger partial charge in [0.1, 0.15) is 17.3 Å². The highest BCUT2D eigenvalue weighted by atomic mass is 35.5. The molecule has 24 heavy (non-hydrogen) atoms. The molecule has 0 bridgehead atoms. The number of aliphatic imine (C=N–C) groups is 1. The zero-order chi connectivity index (χ0) is 16.7. The molecule has 0 amide bonds. The second kappa shape index (κ2) is 5.69. The number of aldehydes is 1. The summed E-state index contributed by atoms with van der Waals surface area (Å²) in [5.74, 6) is 0.266. The Kier molecular flexibility index (Phi) is 3.50. The van der Waals surface area contributed by atoms with Crippen molar-refractivity contribution in [3.05, 3.63) is 82.1 Å². The van der Waals surface area contributed by atoms with E-state index in [2.05, 4.69) is 9.98 Å². The van der Waals surface area contributed by atoms with Crippen molar-refractivity contribution in [3.63, 3.8) is 0 Å². The van der Waals surface area contributed by atoms with Gasteiger partial charge in [-0.3, -0.25) is 9.79 Å². The minimum absolute atomic E-state index is 0.240. The van der Waals surface area contributed by atoms with Crippen LogP contribution in [-0.2, 0) is 6.54 Å². The Labute approximate surface area is 142 Å². The van der Waals surface area contributed by atoms with Gasteiger partial charge in [-0.1, -0.05) is 23.7 Å². The molecule has 118 valence electrons. The lowest BCUT2D eigenvalue weighted by molar-refractivity contribution is 0.111. The lowest BCUT2D eigenvalue weighted by Crippen LogP contribution is -2.08. The van der Waals surface area contributed by atoms with Gasteiger partial charge in [-0.15, -0.1) is 0 Å². The average Bonchev–Trinajstić information content (AvgIpc) is 2.94. The standard InChI is InChI=1S/C18H11ClFN3O/c19-11-5-6-16-14(7-11)18(13-3-1-2-4-15(13)20)21-8-17-22-12(10-24)9-23(16)17/h1-7,9-10H,8H2. The summed E-state index contributed by atoms with van der Waals surface area (Å²) in [6, 6.07) is 11.8. The lowest BCUT2D eigenvalue weighted by Gasteiger charge is -2.12. The van der Waals surface area contributed by atoms with Crippen molar-refractivity contribution in [2.45, 2.75) is 6.54 Å². The number of benzene rings is 2. The molecule has 4 rings (SSSR count). The number of carbonyl (C=O) groups excluding carboxylic acids is 1. The van der Waals surface area contributed by atoms with E-state index in [1.54, 1.807) is 41.1 Å². The summed E-state index contributed by atoms with van der Waals surface area (Å²) in [5.41, 5.74) is 2.71. The zero-order valence-electron chi connectivity index (χ0n) is 12.4. The number of halogens is 2. The van der Waals surface area contributed by atoms with Crippen LogP contribution >= 0.6 is 11.6 Å². The smallest absolute Gasteiger partial charge is 0.170 e. The van der Waals surface area contributed by atoms with Crippen molar-refractivity contribution in [2.75, 3.05) is 0 Å². The van der Waals surface area contributed by atoms with Crippen LogP contribution in [-0.4, -0.2) is 21.5 Å². The van der Waals surface area contributed by atoms with Crippen molar-refractivity contribution in [2.24, 2.45) is 4.99 Å². The van der Waals surface area contributed by atoms with Crippen LogP contribution in [0.5, 0.6) is 0 Å². The first-order chi connectivity index (χ1) is 11.7. The molecule has 4 nitrogen and oxygen atoms in total. The predicted octanol–water partition coefficient (Wildman–Crippen LogP) is 3.83. The van der Waals surface area contributed by atoms with Gasteiger partial charge in [0.25, 0.3) is 0 Å². The minimum atomic E-state index is -0.352. The molecule has 0 spiro atoms. The molecule has 0 fully saturated rings. The van der Waals surface area contributed by atoms with Gasteiger partial charge in [-0.2, -0.15) is 0 Å². The van der Waals surface area contributed by atoms with Crippen molar-refractivity contribution < 1.29 is 9.18 Å². The number of carbonyl (C=O) groups is 1. The molecule has 1 aromatic heterocycles. The molecular formula is C18H11ClFN3O. The summed E-state index contributed by atoms with van der Waals surface area (Å²) >= 11 is 6.15. The van der Waals surface area contributed by atoms with E-state index in [0.29, 0.717) is 39.7 Å². The average molecular weight is 340 g/mol. The van der Waals surface area contributed by atoms with Crippen LogP contribution in [0.25, 0.3) is 5.69 Å². The summed E-state index contributed by atoms with van der Waals surface area (Å²) in [4.78, 5) is 19.8. The molecule has 0 unspecified atom stereocenters. The van der Waals surface area contributed by atoms with E-state index in [1.165, 1.54) is 6.07 Å². The van der Waals surface area contributed by atoms with Crippen LogP contribution in [0.1, 0.15) is 27.4 Å². The molecule has 6 heteroatoms. The van der Waals surface area contributed by atoms with Gasteiger partial charge in [-0.25, -0.2) is 9.37 Å². The largest absolute Gasteiger partial charge is 0.301 e. The number of hydrogen-bond donors (Lipinski definition) is 0. The Bertz CT molecular complexity index is 994. The first-order valence-electron chi connectivity index (χ1n) is 7.30. The summed E-state index contributed by atoms with van der Waals surface area (Å²) < 4.78 is 16.1. The Morgan fingerprint density at radius 3 is 2.79 bits per heavy atom. The normalized spacial score (nSPS) is 12.8. The van der Waals surface area contributed by atoms with Crippen LogP contribution in [0.3, 0.4) is 0 Å². The third-order valence-corrected chi connectivity index (χ3v) is 4.13. The Balaban J connectivity index is 2.00. The van der Waals surface area contributed by atoms with Gasteiger partial charge in [-0.05, 0) is 30.3 Å². The Hall–Kier alpha value is -2.79. The van der Waals surface area contributed by atoms with E-state index in [9.17, 15) is 9.18 Å². The summed E-state index contributed by atoms with van der Waals surface area (Å²) in [6.45, 7) is 0.240. The van der Waals surface area contributed by atoms with Crippen LogP contribution < -0.4 is 0 Å². The van der Waals surface area contributed by atoms with Crippen molar-refractivity contribution in [1.82, 2.24) is 9.55 Å². The minimum Gasteiger partial charge on any atom is -0.301 e. The topological polar surface area (TPSA) is 47.2 Å². The van der Waals surface area contributed by atoms with Crippen LogP contribution in [0.4, 0.5) is 4.39 Å². The van der Waals surface area contributed by atoms with Gasteiger partial charge in [0.15, 0.2) is 6.29 Å². The number of rotatable bonds is 2.